The summed E-state index contributed by atoms with van der Waals surface area (Å²) in [6.45, 7) is 2.83. The van der Waals surface area contributed by atoms with Crippen molar-refractivity contribution in [3.8, 4) is 6.07 Å². The Morgan fingerprint density at radius 1 is 1.29 bits per heavy atom. The third-order valence-electron chi connectivity index (χ3n) is 5.37. The Morgan fingerprint density at radius 3 is 3.00 bits per heavy atom. The Balaban J connectivity index is 1.77. The highest BCUT2D eigenvalue weighted by Gasteiger charge is 2.26. The largest absolute Gasteiger partial charge is 0.378 e. The molecule has 1 aliphatic heterocycles. The van der Waals surface area contributed by atoms with Gasteiger partial charge in [0.25, 0.3) is 0 Å². The van der Waals surface area contributed by atoms with Gasteiger partial charge in [-0.1, -0.05) is 5.16 Å². The fraction of sp³-hybridized carbons (Fsp3) is 0.333. The van der Waals surface area contributed by atoms with Crippen molar-refractivity contribution in [1.82, 2.24) is 19.7 Å². The molecule has 0 unspecified atom stereocenters. The molecule has 1 aliphatic rings. The zero-order valence-electron chi connectivity index (χ0n) is 15.5. The van der Waals surface area contributed by atoms with Crippen LogP contribution in [0.15, 0.2) is 41.2 Å². The number of pyridine rings is 1. The molecule has 1 fully saturated rings. The van der Waals surface area contributed by atoms with Crippen LogP contribution >= 0.6 is 0 Å². The molecule has 0 bridgehead atoms. The van der Waals surface area contributed by atoms with E-state index in [1.54, 1.807) is 12.3 Å². The first-order valence-electron chi connectivity index (χ1n) is 9.43. The smallest absolute Gasteiger partial charge is 0.124 e. The molecule has 4 aromatic rings. The van der Waals surface area contributed by atoms with Crippen LogP contribution in [0.2, 0.25) is 0 Å². The normalized spacial score (nSPS) is 19.9. The highest BCUT2D eigenvalue weighted by molar-refractivity contribution is 6.02. The predicted molar refractivity (Wildman–Crippen MR) is 103 cm³/mol. The number of benzene rings is 1. The molecule has 4 heterocycles. The number of ether oxygens (including phenoxy) is 1. The summed E-state index contributed by atoms with van der Waals surface area (Å²) in [4.78, 5) is 9.44. The van der Waals surface area contributed by atoms with Crippen molar-refractivity contribution in [2.75, 3.05) is 6.61 Å². The summed E-state index contributed by atoms with van der Waals surface area (Å²) in [6, 6.07) is 9.97. The van der Waals surface area contributed by atoms with Crippen LogP contribution in [-0.4, -0.2) is 32.4 Å². The zero-order valence-corrected chi connectivity index (χ0v) is 15.5. The molecule has 7 heteroatoms. The third kappa shape index (κ3) is 2.83. The summed E-state index contributed by atoms with van der Waals surface area (Å²) in [7, 11) is 0. The molecule has 0 aliphatic carbocycles. The summed E-state index contributed by atoms with van der Waals surface area (Å²) < 4.78 is 13.1. The van der Waals surface area contributed by atoms with E-state index >= 15 is 0 Å². The van der Waals surface area contributed by atoms with E-state index in [0.717, 1.165) is 52.9 Å². The van der Waals surface area contributed by atoms with Crippen molar-refractivity contribution in [1.29, 1.82) is 5.26 Å². The highest BCUT2D eigenvalue weighted by atomic mass is 16.5. The molecule has 0 N–H and O–H groups in total. The lowest BCUT2D eigenvalue weighted by Gasteiger charge is -2.30. The van der Waals surface area contributed by atoms with Gasteiger partial charge < -0.3 is 13.8 Å². The average molecular weight is 373 g/mol. The van der Waals surface area contributed by atoms with Gasteiger partial charge in [0.15, 0.2) is 0 Å². The van der Waals surface area contributed by atoms with Crippen molar-refractivity contribution in [2.24, 2.45) is 0 Å². The first-order valence-corrected chi connectivity index (χ1v) is 9.43. The second-order valence-electron chi connectivity index (χ2n) is 7.26. The SMILES string of the molecule is C[C@@H]1C[C@@H](n2c(Cc3ccon3)nc3cnc4ccc(C#N)cc4c32)CCO1. The second-order valence-corrected chi connectivity index (χ2v) is 7.26. The zero-order chi connectivity index (χ0) is 19.1. The lowest BCUT2D eigenvalue weighted by atomic mass is 10.0. The maximum atomic E-state index is 9.37. The first kappa shape index (κ1) is 16.9. The van der Waals surface area contributed by atoms with E-state index in [4.69, 9.17) is 14.2 Å². The number of nitrogens with zero attached hydrogens (tertiary/aromatic N) is 5. The summed E-state index contributed by atoms with van der Waals surface area (Å²) in [5.41, 5.74) is 4.18. The third-order valence-corrected chi connectivity index (χ3v) is 5.37. The molecule has 0 saturated carbocycles. The minimum absolute atomic E-state index is 0.193. The summed E-state index contributed by atoms with van der Waals surface area (Å²) in [5, 5.41) is 14.4. The minimum atomic E-state index is 0.193. The fourth-order valence-electron chi connectivity index (χ4n) is 4.11. The number of aromatic nitrogens is 4. The summed E-state index contributed by atoms with van der Waals surface area (Å²) in [5.74, 6) is 0.930. The molecule has 1 saturated heterocycles. The van der Waals surface area contributed by atoms with Gasteiger partial charge in [0.2, 0.25) is 0 Å². The van der Waals surface area contributed by atoms with Gasteiger partial charge >= 0.3 is 0 Å². The molecule has 0 spiro atoms. The number of nitriles is 1. The number of rotatable bonds is 3. The number of fused-ring (bicyclic) bond motifs is 3. The van der Waals surface area contributed by atoms with Gasteiger partial charge in [-0.15, -0.1) is 0 Å². The number of imidazole rings is 1. The summed E-state index contributed by atoms with van der Waals surface area (Å²) >= 11 is 0. The Bertz CT molecular complexity index is 1190. The minimum Gasteiger partial charge on any atom is -0.378 e. The molecule has 0 amide bonds. The Hall–Kier alpha value is -3.24. The average Bonchev–Trinajstić information content (AvgIpc) is 3.35. The van der Waals surface area contributed by atoms with Crippen LogP contribution in [-0.2, 0) is 11.2 Å². The molecule has 140 valence electrons. The Kier molecular flexibility index (Phi) is 4.06. The van der Waals surface area contributed by atoms with Gasteiger partial charge in [-0.3, -0.25) is 4.98 Å². The van der Waals surface area contributed by atoms with Crippen molar-refractivity contribution < 1.29 is 9.26 Å². The van der Waals surface area contributed by atoms with Crippen molar-refractivity contribution in [2.45, 2.75) is 38.3 Å². The van der Waals surface area contributed by atoms with Gasteiger partial charge in [0.1, 0.15) is 17.6 Å². The summed E-state index contributed by atoms with van der Waals surface area (Å²) in [6.07, 6.45) is 6.00. The predicted octanol–water partition coefficient (Wildman–Crippen LogP) is 3.77. The number of hydrogen-bond donors (Lipinski definition) is 0. The molecule has 7 nitrogen and oxygen atoms in total. The fourth-order valence-corrected chi connectivity index (χ4v) is 4.11. The van der Waals surface area contributed by atoms with E-state index in [0.29, 0.717) is 12.0 Å². The Morgan fingerprint density at radius 2 is 2.21 bits per heavy atom. The van der Waals surface area contributed by atoms with E-state index in [-0.39, 0.29) is 12.1 Å². The molecule has 5 rings (SSSR count). The van der Waals surface area contributed by atoms with Crippen LogP contribution in [0.25, 0.3) is 21.9 Å². The quantitative estimate of drug-likeness (QED) is 0.543. The topological polar surface area (TPSA) is 89.8 Å². The molecule has 28 heavy (non-hydrogen) atoms. The van der Waals surface area contributed by atoms with Gasteiger partial charge in [0, 0.05) is 24.1 Å². The molecule has 0 radical (unpaired) electrons. The van der Waals surface area contributed by atoms with Gasteiger partial charge in [-0.25, -0.2) is 4.98 Å². The highest BCUT2D eigenvalue weighted by Crippen LogP contribution is 2.34. The lowest BCUT2D eigenvalue weighted by Crippen LogP contribution is -2.26. The lowest BCUT2D eigenvalue weighted by molar-refractivity contribution is 0.00630. The van der Waals surface area contributed by atoms with E-state index < -0.39 is 0 Å². The Labute approximate surface area is 161 Å². The van der Waals surface area contributed by atoms with E-state index in [1.807, 2.05) is 24.4 Å². The maximum Gasteiger partial charge on any atom is 0.124 e. The van der Waals surface area contributed by atoms with Crippen LogP contribution < -0.4 is 0 Å². The molecular weight excluding hydrogens is 354 g/mol. The molecule has 2 atom stereocenters. The molecular formula is C21H19N5O2. The van der Waals surface area contributed by atoms with Gasteiger partial charge in [-0.2, -0.15) is 5.26 Å². The monoisotopic (exact) mass is 373 g/mol. The second kappa shape index (κ2) is 6.73. The van der Waals surface area contributed by atoms with Crippen LogP contribution in [0.1, 0.15) is 42.9 Å². The van der Waals surface area contributed by atoms with Crippen LogP contribution in [0.3, 0.4) is 0 Å². The van der Waals surface area contributed by atoms with Crippen molar-refractivity contribution >= 4 is 21.9 Å². The standard InChI is InChI=1S/C21H19N5O2/c1-13-8-16(5-6-27-13)26-20(10-15-4-7-28-25-15)24-19-12-23-18-3-2-14(11-22)9-17(18)21(19)26/h2-4,7,9,12-13,16H,5-6,8,10H2,1H3/t13-,16+/m1/s1. The van der Waals surface area contributed by atoms with E-state index in [9.17, 15) is 5.26 Å². The van der Waals surface area contributed by atoms with Crippen LogP contribution in [0.5, 0.6) is 0 Å². The van der Waals surface area contributed by atoms with Gasteiger partial charge in [0.05, 0.1) is 47.1 Å². The molecule has 3 aromatic heterocycles. The van der Waals surface area contributed by atoms with Crippen LogP contribution in [0.4, 0.5) is 0 Å². The van der Waals surface area contributed by atoms with Crippen molar-refractivity contribution in [3.05, 3.63) is 53.8 Å². The van der Waals surface area contributed by atoms with Crippen molar-refractivity contribution in [3.63, 3.8) is 0 Å². The number of hydrogen-bond acceptors (Lipinski definition) is 6. The van der Waals surface area contributed by atoms with Gasteiger partial charge in [-0.05, 0) is 38.0 Å². The first-order chi connectivity index (χ1) is 13.7. The van der Waals surface area contributed by atoms with E-state index in [2.05, 4.69) is 27.7 Å². The van der Waals surface area contributed by atoms with E-state index in [1.165, 1.54) is 0 Å². The van der Waals surface area contributed by atoms with Crippen LogP contribution in [0, 0.1) is 11.3 Å². The maximum absolute atomic E-state index is 9.37. The molecule has 1 aromatic carbocycles.